The molecule has 0 aliphatic carbocycles. The van der Waals surface area contributed by atoms with Crippen molar-refractivity contribution in [2.45, 2.75) is 37.5 Å². The molecule has 2 heterocycles. The van der Waals surface area contributed by atoms with Crippen LogP contribution in [0.3, 0.4) is 0 Å². The smallest absolute Gasteiger partial charge is 0.243 e. The molecule has 0 radical (unpaired) electrons. The molecule has 33 heavy (non-hydrogen) atoms. The van der Waals surface area contributed by atoms with Crippen LogP contribution in [0.25, 0.3) is 11.4 Å². The zero-order chi connectivity index (χ0) is 23.6. The fourth-order valence-corrected chi connectivity index (χ4v) is 5.84. The topological polar surface area (TPSA) is 122 Å². The van der Waals surface area contributed by atoms with Gasteiger partial charge in [0.25, 0.3) is 0 Å². The summed E-state index contributed by atoms with van der Waals surface area (Å²) in [4.78, 5) is 4.76. The molecule has 1 N–H and O–H groups in total. The molecule has 0 saturated carbocycles. The Kier molecular flexibility index (Phi) is 6.55. The predicted octanol–water partition coefficient (Wildman–Crippen LogP) is 3.37. The van der Waals surface area contributed by atoms with Crippen molar-refractivity contribution in [2.24, 2.45) is 0 Å². The van der Waals surface area contributed by atoms with Crippen LogP contribution in [0.2, 0.25) is 0 Å². The molecule has 9 nitrogen and oxygen atoms in total. The number of hydrogen-bond acceptors (Lipinski definition) is 7. The summed E-state index contributed by atoms with van der Waals surface area (Å²) in [6.07, 6.45) is 1.44. The lowest BCUT2D eigenvalue weighted by Crippen LogP contribution is -2.39. The maximum absolute atomic E-state index is 13.1. The van der Waals surface area contributed by atoms with Gasteiger partial charge in [0.05, 0.1) is 16.6 Å². The van der Waals surface area contributed by atoms with Gasteiger partial charge in [-0.15, -0.1) is 0 Å². The average Bonchev–Trinajstić information content (AvgIpc) is 3.30. The number of nitrogens with one attached hydrogen (secondary N) is 1. The van der Waals surface area contributed by atoms with Crippen LogP contribution >= 0.6 is 0 Å². The van der Waals surface area contributed by atoms with Crippen LogP contribution in [-0.2, 0) is 20.0 Å². The maximum Gasteiger partial charge on any atom is 0.243 e. The van der Waals surface area contributed by atoms with Gasteiger partial charge in [-0.1, -0.05) is 22.9 Å². The molecular formula is C22H26N4O5S2. The third kappa shape index (κ3) is 5.26. The van der Waals surface area contributed by atoms with Gasteiger partial charge in [-0.05, 0) is 63.1 Å². The Bertz CT molecular complexity index is 1320. The second kappa shape index (κ2) is 9.24. The maximum atomic E-state index is 13.1. The molecule has 0 amide bonds. The highest BCUT2D eigenvalue weighted by molar-refractivity contribution is 7.92. The quantitative estimate of drug-likeness (QED) is 0.539. The molecule has 2 aromatic carbocycles. The Balaban J connectivity index is 1.48. The third-order valence-electron chi connectivity index (χ3n) is 5.63. The molecule has 176 valence electrons. The van der Waals surface area contributed by atoms with Crippen LogP contribution in [0, 0.1) is 6.92 Å². The summed E-state index contributed by atoms with van der Waals surface area (Å²) in [7, 11) is -6.95. The minimum absolute atomic E-state index is 0.0129. The van der Waals surface area contributed by atoms with Crippen molar-refractivity contribution in [2.75, 3.05) is 23.6 Å². The molecule has 1 fully saturated rings. The summed E-state index contributed by atoms with van der Waals surface area (Å²) in [5.74, 6) is 0.551. The molecule has 11 heteroatoms. The van der Waals surface area contributed by atoms with E-state index in [1.165, 1.54) is 4.31 Å². The van der Waals surface area contributed by atoms with E-state index < -0.39 is 20.0 Å². The van der Waals surface area contributed by atoms with Gasteiger partial charge in [0.2, 0.25) is 31.8 Å². The average molecular weight is 491 g/mol. The number of aryl methyl sites for hydroxylation is 1. The van der Waals surface area contributed by atoms with Gasteiger partial charge in [0.1, 0.15) is 0 Å². The molecule has 3 aromatic rings. The number of nitrogens with zero attached hydrogens (tertiary/aromatic N) is 3. The molecule has 1 unspecified atom stereocenters. The van der Waals surface area contributed by atoms with Gasteiger partial charge in [-0.25, -0.2) is 16.8 Å². The summed E-state index contributed by atoms with van der Waals surface area (Å²) >= 11 is 0. The predicted molar refractivity (Wildman–Crippen MR) is 125 cm³/mol. The Morgan fingerprint density at radius 2 is 1.76 bits per heavy atom. The molecular weight excluding hydrogens is 464 g/mol. The SMILES string of the molecule is CCS(=O)(=O)Nc1ccc(-c2noc(C3CCCN(S(=O)(=O)c4ccc(C)cc4)C3)n2)cc1. The van der Waals surface area contributed by atoms with Crippen LogP contribution in [0.1, 0.15) is 37.1 Å². The van der Waals surface area contributed by atoms with Crippen LogP contribution in [0.4, 0.5) is 5.69 Å². The summed E-state index contributed by atoms with van der Waals surface area (Å²) in [5, 5.41) is 4.04. The number of anilines is 1. The number of sulfonamides is 2. The zero-order valence-corrected chi connectivity index (χ0v) is 20.1. The largest absolute Gasteiger partial charge is 0.339 e. The van der Waals surface area contributed by atoms with Gasteiger partial charge >= 0.3 is 0 Å². The fraction of sp³-hybridized carbons (Fsp3) is 0.364. The van der Waals surface area contributed by atoms with Crippen molar-refractivity contribution in [3.63, 3.8) is 0 Å². The molecule has 4 rings (SSSR count). The van der Waals surface area contributed by atoms with E-state index in [9.17, 15) is 16.8 Å². The lowest BCUT2D eigenvalue weighted by Gasteiger charge is -2.30. The number of rotatable bonds is 7. The molecule has 1 saturated heterocycles. The lowest BCUT2D eigenvalue weighted by atomic mass is 10.00. The first-order valence-electron chi connectivity index (χ1n) is 10.7. The first-order chi connectivity index (χ1) is 15.7. The van der Waals surface area contributed by atoms with Gasteiger partial charge in [0.15, 0.2) is 0 Å². The molecule has 0 bridgehead atoms. The van der Waals surface area contributed by atoms with Crippen LogP contribution < -0.4 is 4.72 Å². The standard InChI is InChI=1S/C22H26N4O5S2/c1-3-32(27,28)25-19-10-8-17(9-11-19)21-23-22(31-24-21)18-5-4-14-26(15-18)33(29,30)20-12-6-16(2)7-13-20/h6-13,18,25H,3-5,14-15H2,1-2H3. The van der Waals surface area contributed by atoms with Crippen molar-refractivity contribution >= 4 is 25.7 Å². The summed E-state index contributed by atoms with van der Waals surface area (Å²) in [5.41, 5.74) is 2.12. The Morgan fingerprint density at radius 1 is 1.06 bits per heavy atom. The van der Waals surface area contributed by atoms with Gasteiger partial charge in [-0.2, -0.15) is 9.29 Å². The lowest BCUT2D eigenvalue weighted by molar-refractivity contribution is 0.265. The molecule has 1 aliphatic rings. The number of hydrogen-bond donors (Lipinski definition) is 1. The van der Waals surface area contributed by atoms with Crippen molar-refractivity contribution in [3.8, 4) is 11.4 Å². The normalized spacial score (nSPS) is 17.7. The van der Waals surface area contributed by atoms with E-state index in [0.717, 1.165) is 12.0 Å². The Labute approximate surface area is 193 Å². The first-order valence-corrected chi connectivity index (χ1v) is 13.8. The zero-order valence-electron chi connectivity index (χ0n) is 18.4. The highest BCUT2D eigenvalue weighted by Gasteiger charge is 2.33. The Morgan fingerprint density at radius 3 is 2.42 bits per heavy atom. The number of piperidine rings is 1. The van der Waals surface area contributed by atoms with E-state index in [2.05, 4.69) is 14.9 Å². The summed E-state index contributed by atoms with van der Waals surface area (Å²) in [6.45, 7) is 4.20. The van der Waals surface area contributed by atoms with Crippen molar-refractivity contribution < 1.29 is 21.4 Å². The van der Waals surface area contributed by atoms with Crippen LogP contribution in [0.15, 0.2) is 57.9 Å². The minimum atomic E-state index is -3.60. The number of benzene rings is 2. The van der Waals surface area contributed by atoms with Crippen LogP contribution in [-0.4, -0.2) is 50.1 Å². The Hall–Kier alpha value is -2.76. The highest BCUT2D eigenvalue weighted by atomic mass is 32.2. The van der Waals surface area contributed by atoms with E-state index >= 15 is 0 Å². The third-order valence-corrected chi connectivity index (χ3v) is 8.82. The molecule has 1 atom stereocenters. The van der Waals surface area contributed by atoms with Gasteiger partial charge in [-0.3, -0.25) is 4.72 Å². The number of aromatic nitrogens is 2. The van der Waals surface area contributed by atoms with Gasteiger partial charge in [0, 0.05) is 24.3 Å². The summed E-state index contributed by atoms with van der Waals surface area (Å²) < 4.78 is 59.0. The minimum Gasteiger partial charge on any atom is -0.339 e. The highest BCUT2D eigenvalue weighted by Crippen LogP contribution is 2.31. The van der Waals surface area contributed by atoms with Crippen LogP contribution in [0.5, 0.6) is 0 Å². The van der Waals surface area contributed by atoms with E-state index in [1.807, 2.05) is 6.92 Å². The molecule has 1 aromatic heterocycles. The summed E-state index contributed by atoms with van der Waals surface area (Å²) in [6, 6.07) is 13.5. The van der Waals surface area contributed by atoms with Crippen molar-refractivity contribution in [1.29, 1.82) is 0 Å². The van der Waals surface area contributed by atoms with E-state index in [1.54, 1.807) is 55.5 Å². The van der Waals surface area contributed by atoms with Crippen molar-refractivity contribution in [3.05, 3.63) is 60.0 Å². The first kappa shape index (κ1) is 23.4. The van der Waals surface area contributed by atoms with E-state index in [4.69, 9.17) is 4.52 Å². The van der Waals surface area contributed by atoms with Gasteiger partial charge < -0.3 is 4.52 Å². The monoisotopic (exact) mass is 490 g/mol. The molecule has 0 spiro atoms. The molecule has 1 aliphatic heterocycles. The van der Waals surface area contributed by atoms with Crippen molar-refractivity contribution in [1.82, 2.24) is 14.4 Å². The second-order valence-corrected chi connectivity index (χ2v) is 12.0. The van der Waals surface area contributed by atoms with E-state index in [-0.39, 0.29) is 23.1 Å². The van der Waals surface area contributed by atoms with E-state index in [0.29, 0.717) is 35.9 Å². The fourth-order valence-electron chi connectivity index (χ4n) is 3.68. The second-order valence-electron chi connectivity index (χ2n) is 8.05.